The Morgan fingerprint density at radius 3 is 2.38 bits per heavy atom. The van der Waals surface area contributed by atoms with Gasteiger partial charge in [-0.15, -0.1) is 0 Å². The number of pyridine rings is 2. The second kappa shape index (κ2) is 8.68. The average Bonchev–Trinajstić information content (AvgIpc) is 2.79. The van der Waals surface area contributed by atoms with Crippen molar-refractivity contribution in [1.82, 2.24) is 15.3 Å². The Hall–Kier alpha value is -3.48. The lowest BCUT2D eigenvalue weighted by Crippen LogP contribution is -2.46. The largest absolute Gasteiger partial charge is 0.368 e. The molecule has 0 saturated carbocycles. The zero-order valence-electron chi connectivity index (χ0n) is 16.0. The van der Waals surface area contributed by atoms with Crippen LogP contribution >= 0.6 is 0 Å². The molecule has 7 heteroatoms. The molecule has 0 aliphatic carbocycles. The third-order valence-corrected chi connectivity index (χ3v) is 4.98. The minimum absolute atomic E-state index is 0.158. The van der Waals surface area contributed by atoms with Gasteiger partial charge in [0.15, 0.2) is 0 Å². The van der Waals surface area contributed by atoms with Crippen LogP contribution in [0.4, 0.5) is 15.9 Å². The number of halogens is 1. The molecule has 1 aliphatic rings. The smallest absolute Gasteiger partial charge is 0.253 e. The van der Waals surface area contributed by atoms with Crippen LogP contribution in [-0.2, 0) is 6.54 Å². The van der Waals surface area contributed by atoms with Gasteiger partial charge in [0.05, 0.1) is 5.56 Å². The van der Waals surface area contributed by atoms with Gasteiger partial charge in [0.25, 0.3) is 5.91 Å². The average molecular weight is 391 g/mol. The van der Waals surface area contributed by atoms with E-state index in [1.54, 1.807) is 24.7 Å². The Balaban J connectivity index is 1.31. The van der Waals surface area contributed by atoms with Crippen molar-refractivity contribution in [3.63, 3.8) is 0 Å². The van der Waals surface area contributed by atoms with Gasteiger partial charge in [0.2, 0.25) is 0 Å². The zero-order chi connectivity index (χ0) is 20.1. The highest BCUT2D eigenvalue weighted by Crippen LogP contribution is 2.19. The maximum atomic E-state index is 13.1. The fraction of sp³-hybridized carbons (Fsp3) is 0.227. The molecule has 29 heavy (non-hydrogen) atoms. The second-order valence-corrected chi connectivity index (χ2v) is 6.90. The topological polar surface area (TPSA) is 61.4 Å². The molecule has 1 aliphatic heterocycles. The zero-order valence-corrected chi connectivity index (χ0v) is 16.0. The lowest BCUT2D eigenvalue weighted by molar-refractivity contribution is 0.0950. The SMILES string of the molecule is O=C(NCc1cccnc1)c1ccc(N2CCN(c3ccc(F)cc3)CC2)nc1. The van der Waals surface area contributed by atoms with Crippen molar-refractivity contribution in [2.24, 2.45) is 0 Å². The summed E-state index contributed by atoms with van der Waals surface area (Å²) in [4.78, 5) is 25.2. The molecule has 6 nitrogen and oxygen atoms in total. The summed E-state index contributed by atoms with van der Waals surface area (Å²) in [5, 5.41) is 2.88. The molecular formula is C22H22FN5O. The number of nitrogens with zero attached hydrogens (tertiary/aromatic N) is 4. The highest BCUT2D eigenvalue weighted by molar-refractivity contribution is 5.94. The van der Waals surface area contributed by atoms with Crippen LogP contribution in [0.3, 0.4) is 0 Å². The Morgan fingerprint density at radius 1 is 0.966 bits per heavy atom. The van der Waals surface area contributed by atoms with E-state index in [1.165, 1.54) is 12.1 Å². The number of hydrogen-bond donors (Lipinski definition) is 1. The normalized spacial score (nSPS) is 14.0. The molecular weight excluding hydrogens is 369 g/mol. The molecule has 3 aromatic rings. The van der Waals surface area contributed by atoms with Crippen molar-refractivity contribution in [2.45, 2.75) is 6.54 Å². The van der Waals surface area contributed by atoms with Crippen LogP contribution in [0.5, 0.6) is 0 Å². The molecule has 0 atom stereocenters. The van der Waals surface area contributed by atoms with Crippen LogP contribution in [0.1, 0.15) is 15.9 Å². The third-order valence-electron chi connectivity index (χ3n) is 4.98. The molecule has 1 amide bonds. The van der Waals surface area contributed by atoms with Gasteiger partial charge in [0.1, 0.15) is 11.6 Å². The summed E-state index contributed by atoms with van der Waals surface area (Å²) in [6.07, 6.45) is 5.04. The number of nitrogens with one attached hydrogen (secondary N) is 1. The van der Waals surface area contributed by atoms with E-state index in [0.29, 0.717) is 12.1 Å². The van der Waals surface area contributed by atoms with Crippen LogP contribution in [0.15, 0.2) is 67.1 Å². The molecule has 4 rings (SSSR count). The molecule has 0 bridgehead atoms. The number of rotatable bonds is 5. The van der Waals surface area contributed by atoms with E-state index in [9.17, 15) is 9.18 Å². The van der Waals surface area contributed by atoms with Crippen LogP contribution < -0.4 is 15.1 Å². The fourth-order valence-electron chi connectivity index (χ4n) is 3.34. The van der Waals surface area contributed by atoms with Crippen molar-refractivity contribution in [1.29, 1.82) is 0 Å². The van der Waals surface area contributed by atoms with Crippen LogP contribution in [0.25, 0.3) is 0 Å². The molecule has 148 valence electrons. The van der Waals surface area contributed by atoms with Gasteiger partial charge in [-0.2, -0.15) is 0 Å². The standard InChI is InChI=1S/C22H22FN5O/c23-19-4-6-20(7-5-19)27-10-12-28(13-11-27)21-8-3-18(16-25-21)22(29)26-15-17-2-1-9-24-14-17/h1-9,14,16H,10-13,15H2,(H,26,29). The van der Waals surface area contributed by atoms with Crippen LogP contribution in [0, 0.1) is 5.82 Å². The second-order valence-electron chi connectivity index (χ2n) is 6.90. The molecule has 1 aromatic carbocycles. The van der Waals surface area contributed by atoms with Gasteiger partial charge in [-0.25, -0.2) is 9.37 Å². The molecule has 1 saturated heterocycles. The van der Waals surface area contributed by atoms with Crippen molar-refractivity contribution in [2.75, 3.05) is 36.0 Å². The van der Waals surface area contributed by atoms with E-state index in [4.69, 9.17) is 0 Å². The highest BCUT2D eigenvalue weighted by atomic mass is 19.1. The van der Waals surface area contributed by atoms with Gasteiger partial charge in [-0.1, -0.05) is 6.07 Å². The van der Waals surface area contributed by atoms with Crippen molar-refractivity contribution < 1.29 is 9.18 Å². The predicted molar refractivity (Wildman–Crippen MR) is 110 cm³/mol. The molecule has 1 N–H and O–H groups in total. The first kappa shape index (κ1) is 18.9. The quantitative estimate of drug-likeness (QED) is 0.725. The molecule has 0 spiro atoms. The van der Waals surface area contributed by atoms with Gasteiger partial charge in [-0.3, -0.25) is 9.78 Å². The monoisotopic (exact) mass is 391 g/mol. The van der Waals surface area contributed by atoms with Gasteiger partial charge in [-0.05, 0) is 48.0 Å². The highest BCUT2D eigenvalue weighted by Gasteiger charge is 2.18. The Morgan fingerprint density at radius 2 is 1.72 bits per heavy atom. The lowest BCUT2D eigenvalue weighted by Gasteiger charge is -2.36. The summed E-state index contributed by atoms with van der Waals surface area (Å²) in [5.74, 6) is 0.475. The summed E-state index contributed by atoms with van der Waals surface area (Å²) >= 11 is 0. The number of aromatic nitrogens is 2. The van der Waals surface area contributed by atoms with E-state index in [2.05, 4.69) is 25.1 Å². The van der Waals surface area contributed by atoms with E-state index >= 15 is 0 Å². The molecule has 1 fully saturated rings. The summed E-state index contributed by atoms with van der Waals surface area (Å²) in [6, 6.07) is 14.0. The van der Waals surface area contributed by atoms with Crippen molar-refractivity contribution in [3.8, 4) is 0 Å². The number of hydrogen-bond acceptors (Lipinski definition) is 5. The number of amides is 1. The van der Waals surface area contributed by atoms with E-state index in [-0.39, 0.29) is 11.7 Å². The fourth-order valence-corrected chi connectivity index (χ4v) is 3.34. The molecule has 2 aromatic heterocycles. The Kier molecular flexibility index (Phi) is 5.65. The van der Waals surface area contributed by atoms with Crippen molar-refractivity contribution >= 4 is 17.4 Å². The number of carbonyl (C=O) groups is 1. The van der Waals surface area contributed by atoms with Crippen molar-refractivity contribution in [3.05, 3.63) is 84.1 Å². The maximum Gasteiger partial charge on any atom is 0.253 e. The summed E-state index contributed by atoms with van der Waals surface area (Å²) in [5.41, 5.74) is 2.51. The number of anilines is 2. The predicted octanol–water partition coefficient (Wildman–Crippen LogP) is 2.87. The number of piperazine rings is 1. The van der Waals surface area contributed by atoms with Crippen LogP contribution in [-0.4, -0.2) is 42.1 Å². The molecule has 0 radical (unpaired) electrons. The number of carbonyl (C=O) groups excluding carboxylic acids is 1. The van der Waals surface area contributed by atoms with Gasteiger partial charge >= 0.3 is 0 Å². The minimum Gasteiger partial charge on any atom is -0.368 e. The molecule has 3 heterocycles. The summed E-state index contributed by atoms with van der Waals surface area (Å²) in [7, 11) is 0. The first-order valence-corrected chi connectivity index (χ1v) is 9.58. The lowest BCUT2D eigenvalue weighted by atomic mass is 10.2. The summed E-state index contributed by atoms with van der Waals surface area (Å²) < 4.78 is 13.1. The van der Waals surface area contributed by atoms with E-state index in [1.807, 2.05) is 30.3 Å². The van der Waals surface area contributed by atoms with E-state index in [0.717, 1.165) is 43.2 Å². The van der Waals surface area contributed by atoms with Crippen LogP contribution in [0.2, 0.25) is 0 Å². The Labute approximate surface area is 169 Å². The maximum absolute atomic E-state index is 13.1. The first-order chi connectivity index (χ1) is 14.2. The number of benzene rings is 1. The van der Waals surface area contributed by atoms with E-state index < -0.39 is 0 Å². The van der Waals surface area contributed by atoms with Gasteiger partial charge < -0.3 is 15.1 Å². The molecule has 0 unspecified atom stereocenters. The summed E-state index contributed by atoms with van der Waals surface area (Å²) in [6.45, 7) is 3.73. The first-order valence-electron chi connectivity index (χ1n) is 9.58. The third kappa shape index (κ3) is 4.68. The van der Waals surface area contributed by atoms with Gasteiger partial charge in [0, 0.05) is 57.0 Å². The Bertz CT molecular complexity index is 939. The minimum atomic E-state index is -0.221.